The third-order valence-electron chi connectivity index (χ3n) is 3.98. The fraction of sp³-hybridized carbons (Fsp3) is 0.615. The topological polar surface area (TPSA) is 20.3 Å². The van der Waals surface area contributed by atoms with Gasteiger partial charge in [0.1, 0.15) is 0 Å². The summed E-state index contributed by atoms with van der Waals surface area (Å²) < 4.78 is 1.08. The molecule has 2 fully saturated rings. The molecule has 2 bridgehead atoms. The molecular weight excluding hydrogens is 378 g/mol. The van der Waals surface area contributed by atoms with Gasteiger partial charge in [-0.1, -0.05) is 15.9 Å². The van der Waals surface area contributed by atoms with Crippen molar-refractivity contribution in [1.29, 1.82) is 0 Å². The molecule has 2 aliphatic rings. The molecule has 0 aliphatic carbocycles. The number of piperidine rings is 1. The Bertz CT molecular complexity index is 454. The van der Waals surface area contributed by atoms with Crippen LogP contribution in [0.1, 0.15) is 40.9 Å². The van der Waals surface area contributed by atoms with E-state index in [4.69, 9.17) is 0 Å². The average Bonchev–Trinajstić information content (AvgIpc) is 2.78. The summed E-state index contributed by atoms with van der Waals surface area (Å²) in [6.45, 7) is 2.04. The number of carbonyl (C=O) groups is 1. The van der Waals surface area contributed by atoms with Crippen LogP contribution in [0.15, 0.2) is 9.85 Å². The van der Waals surface area contributed by atoms with Crippen LogP contribution in [0.5, 0.6) is 0 Å². The quantitative estimate of drug-likeness (QED) is 0.650. The third kappa shape index (κ3) is 2.18. The van der Waals surface area contributed by atoms with Gasteiger partial charge in [-0.25, -0.2) is 0 Å². The molecule has 2 aliphatic heterocycles. The lowest BCUT2D eigenvalue weighted by Crippen LogP contribution is -2.46. The largest absolute Gasteiger partial charge is 0.332 e. The first-order chi connectivity index (χ1) is 8.56. The summed E-state index contributed by atoms with van der Waals surface area (Å²) in [5.41, 5.74) is 1.16. The lowest BCUT2D eigenvalue weighted by Gasteiger charge is -2.36. The molecule has 2 atom stereocenters. The van der Waals surface area contributed by atoms with Crippen molar-refractivity contribution in [1.82, 2.24) is 4.90 Å². The Morgan fingerprint density at radius 1 is 1.39 bits per heavy atom. The van der Waals surface area contributed by atoms with Crippen LogP contribution in [0, 0.1) is 6.92 Å². The number of aryl methyl sites for hydroxylation is 1. The van der Waals surface area contributed by atoms with Gasteiger partial charge in [-0.2, -0.15) is 0 Å². The Morgan fingerprint density at radius 3 is 2.50 bits per heavy atom. The zero-order valence-electron chi connectivity index (χ0n) is 10.2. The molecule has 2 unspecified atom stereocenters. The van der Waals surface area contributed by atoms with Crippen LogP contribution in [-0.4, -0.2) is 27.7 Å². The zero-order chi connectivity index (χ0) is 12.9. The molecule has 0 radical (unpaired) electrons. The van der Waals surface area contributed by atoms with Crippen LogP contribution in [0.4, 0.5) is 0 Å². The number of nitrogens with zero attached hydrogens (tertiary/aromatic N) is 1. The summed E-state index contributed by atoms with van der Waals surface area (Å²) in [6.07, 6.45) is 4.55. The Hall–Kier alpha value is 0.130. The predicted octanol–water partition coefficient (Wildman–Crippen LogP) is 4.35. The molecular formula is C13H15Br2NOS. The van der Waals surface area contributed by atoms with Crippen molar-refractivity contribution in [3.8, 4) is 0 Å². The van der Waals surface area contributed by atoms with Gasteiger partial charge in [-0.05, 0) is 60.2 Å². The minimum atomic E-state index is 0.237. The van der Waals surface area contributed by atoms with E-state index in [0.717, 1.165) is 27.1 Å². The number of carbonyl (C=O) groups excluding carboxylic acids is 1. The summed E-state index contributed by atoms with van der Waals surface area (Å²) >= 11 is 8.78. The van der Waals surface area contributed by atoms with Crippen molar-refractivity contribution < 1.29 is 4.79 Å². The lowest BCUT2D eigenvalue weighted by atomic mass is 10.0. The molecule has 2 nitrogen and oxygen atoms in total. The maximum Gasteiger partial charge on any atom is 0.264 e. The van der Waals surface area contributed by atoms with E-state index in [0.29, 0.717) is 16.9 Å². The van der Waals surface area contributed by atoms with E-state index in [2.05, 4.69) is 36.8 Å². The van der Waals surface area contributed by atoms with Crippen LogP contribution in [0.25, 0.3) is 0 Å². The summed E-state index contributed by atoms with van der Waals surface area (Å²) in [5.74, 6) is 0.237. The highest BCUT2D eigenvalue weighted by molar-refractivity contribution is 9.11. The van der Waals surface area contributed by atoms with E-state index in [1.165, 1.54) is 12.8 Å². The number of alkyl halides is 1. The minimum Gasteiger partial charge on any atom is -0.332 e. The lowest BCUT2D eigenvalue weighted by molar-refractivity contribution is 0.0608. The molecule has 3 heterocycles. The Kier molecular flexibility index (Phi) is 3.58. The Labute approximate surface area is 128 Å². The molecule has 1 aromatic rings. The molecule has 1 amide bonds. The number of halogens is 2. The van der Waals surface area contributed by atoms with Crippen molar-refractivity contribution in [2.24, 2.45) is 0 Å². The molecule has 0 saturated carbocycles. The standard InChI is InChI=1S/C13H15Br2NOS/c1-7-4-11(18-12(7)15)13(17)16-9-2-3-10(16)6-8(14)5-9/h4,8-10H,2-3,5-6H2,1H3. The van der Waals surface area contributed by atoms with Crippen LogP contribution in [0.3, 0.4) is 0 Å². The third-order valence-corrected chi connectivity index (χ3v) is 6.85. The van der Waals surface area contributed by atoms with E-state index in [-0.39, 0.29) is 5.91 Å². The average molecular weight is 393 g/mol. The normalized spacial score (nSPS) is 30.8. The van der Waals surface area contributed by atoms with Gasteiger partial charge >= 0.3 is 0 Å². The molecule has 98 valence electrons. The highest BCUT2D eigenvalue weighted by Crippen LogP contribution is 2.40. The zero-order valence-corrected chi connectivity index (χ0v) is 14.1. The first kappa shape index (κ1) is 13.1. The van der Waals surface area contributed by atoms with Gasteiger partial charge in [-0.15, -0.1) is 11.3 Å². The smallest absolute Gasteiger partial charge is 0.264 e. The molecule has 5 heteroatoms. The molecule has 18 heavy (non-hydrogen) atoms. The van der Waals surface area contributed by atoms with Gasteiger partial charge in [0.25, 0.3) is 5.91 Å². The van der Waals surface area contributed by atoms with Gasteiger partial charge in [-0.3, -0.25) is 4.79 Å². The van der Waals surface area contributed by atoms with Crippen molar-refractivity contribution in [2.45, 2.75) is 49.5 Å². The number of amides is 1. The van der Waals surface area contributed by atoms with E-state index in [1.807, 2.05) is 13.0 Å². The van der Waals surface area contributed by atoms with E-state index >= 15 is 0 Å². The molecule has 1 aromatic heterocycles. The second-order valence-corrected chi connectivity index (χ2v) is 8.90. The number of hydrogen-bond acceptors (Lipinski definition) is 2. The van der Waals surface area contributed by atoms with E-state index < -0.39 is 0 Å². The van der Waals surface area contributed by atoms with Crippen molar-refractivity contribution in [3.05, 3.63) is 20.3 Å². The second kappa shape index (κ2) is 4.91. The van der Waals surface area contributed by atoms with Crippen LogP contribution >= 0.6 is 43.2 Å². The number of hydrogen-bond donors (Lipinski definition) is 0. The second-order valence-electron chi connectivity index (χ2n) is 5.23. The number of thiophene rings is 1. The molecule has 2 saturated heterocycles. The predicted molar refractivity (Wildman–Crippen MR) is 81.7 cm³/mol. The van der Waals surface area contributed by atoms with Crippen LogP contribution in [0.2, 0.25) is 0 Å². The van der Waals surface area contributed by atoms with Gasteiger partial charge in [0, 0.05) is 16.9 Å². The highest BCUT2D eigenvalue weighted by Gasteiger charge is 2.43. The number of rotatable bonds is 1. The van der Waals surface area contributed by atoms with Crippen molar-refractivity contribution in [3.63, 3.8) is 0 Å². The summed E-state index contributed by atoms with van der Waals surface area (Å²) in [5, 5.41) is 0. The van der Waals surface area contributed by atoms with Crippen molar-refractivity contribution in [2.75, 3.05) is 0 Å². The SMILES string of the molecule is Cc1cc(C(=O)N2C3CCC2CC(Br)C3)sc1Br. The van der Waals surface area contributed by atoms with Crippen molar-refractivity contribution >= 4 is 49.1 Å². The monoisotopic (exact) mass is 391 g/mol. The Morgan fingerprint density at radius 2 is 2.00 bits per heavy atom. The molecule has 3 rings (SSSR count). The summed E-state index contributed by atoms with van der Waals surface area (Å²) in [4.78, 5) is 16.3. The Balaban J connectivity index is 1.85. The first-order valence-electron chi connectivity index (χ1n) is 6.29. The fourth-order valence-corrected chi connectivity index (χ4v) is 5.48. The van der Waals surface area contributed by atoms with E-state index in [9.17, 15) is 4.79 Å². The summed E-state index contributed by atoms with van der Waals surface area (Å²) in [7, 11) is 0. The van der Waals surface area contributed by atoms with Gasteiger partial charge in [0.05, 0.1) is 8.66 Å². The van der Waals surface area contributed by atoms with Gasteiger partial charge in [0.15, 0.2) is 0 Å². The minimum absolute atomic E-state index is 0.237. The van der Waals surface area contributed by atoms with Gasteiger partial charge in [0.2, 0.25) is 0 Å². The first-order valence-corrected chi connectivity index (χ1v) is 8.81. The van der Waals surface area contributed by atoms with Crippen LogP contribution < -0.4 is 0 Å². The molecule has 0 aromatic carbocycles. The highest BCUT2D eigenvalue weighted by atomic mass is 79.9. The maximum atomic E-state index is 12.6. The molecule has 0 spiro atoms. The van der Waals surface area contributed by atoms with E-state index in [1.54, 1.807) is 11.3 Å². The van der Waals surface area contributed by atoms with Crippen LogP contribution in [-0.2, 0) is 0 Å². The number of fused-ring (bicyclic) bond motifs is 2. The summed E-state index contributed by atoms with van der Waals surface area (Å²) in [6, 6.07) is 2.90. The molecule has 0 N–H and O–H groups in total. The maximum absolute atomic E-state index is 12.6. The van der Waals surface area contributed by atoms with Gasteiger partial charge < -0.3 is 4.90 Å². The fourth-order valence-electron chi connectivity index (χ4n) is 3.13.